The normalized spacial score (nSPS) is 21.3. The van der Waals surface area contributed by atoms with Crippen LogP contribution in [0, 0.1) is 0 Å². The third-order valence-electron chi connectivity index (χ3n) is 6.26. The van der Waals surface area contributed by atoms with Crippen molar-refractivity contribution in [3.63, 3.8) is 0 Å². The van der Waals surface area contributed by atoms with E-state index in [9.17, 15) is 4.79 Å². The van der Waals surface area contributed by atoms with E-state index in [0.717, 1.165) is 50.1 Å². The zero-order valence-corrected chi connectivity index (χ0v) is 19.4. The summed E-state index contributed by atoms with van der Waals surface area (Å²) in [5.41, 5.74) is 13.5. The number of amides is 1. The van der Waals surface area contributed by atoms with Gasteiger partial charge in [-0.05, 0) is 70.7 Å². The maximum absolute atomic E-state index is 12.3. The fourth-order valence-corrected chi connectivity index (χ4v) is 4.78. The highest BCUT2D eigenvalue weighted by Gasteiger charge is 2.42. The Kier molecular flexibility index (Phi) is 5.92. The molecule has 9 heteroatoms. The van der Waals surface area contributed by atoms with E-state index in [2.05, 4.69) is 34.2 Å². The summed E-state index contributed by atoms with van der Waals surface area (Å²) in [5.74, 6) is 0.665. The smallest absolute Gasteiger partial charge is 0.410 e. The maximum atomic E-state index is 12.3. The van der Waals surface area contributed by atoms with Crippen molar-refractivity contribution in [2.24, 2.45) is 21.5 Å². The first-order valence-corrected chi connectivity index (χ1v) is 11.5. The number of carbonyl (C=O) groups is 1. The molecular weight excluding hydrogens is 406 g/mol. The second-order valence-electron chi connectivity index (χ2n) is 9.79. The quantitative estimate of drug-likeness (QED) is 0.730. The molecule has 2 fully saturated rings. The fraction of sp³-hybridized carbons (Fsp3) is 0.609. The molecule has 4 rings (SSSR count). The van der Waals surface area contributed by atoms with Crippen LogP contribution in [0.5, 0.6) is 0 Å². The number of nitrogens with zero attached hydrogens (tertiary/aromatic N) is 5. The lowest BCUT2D eigenvalue weighted by Crippen LogP contribution is -2.58. The predicted octanol–water partition coefficient (Wildman–Crippen LogP) is 2.85. The minimum Gasteiger partial charge on any atom is -0.444 e. The number of anilines is 2. The average molecular weight is 442 g/mol. The van der Waals surface area contributed by atoms with Crippen molar-refractivity contribution in [2.75, 3.05) is 36.0 Å². The number of nitrogens with two attached hydrogens (primary N) is 2. The average Bonchev–Trinajstić information content (AvgIpc) is 2.73. The molecular formula is C23H35N7O2. The first kappa shape index (κ1) is 22.2. The van der Waals surface area contributed by atoms with Crippen LogP contribution in [0.3, 0.4) is 0 Å². The Morgan fingerprint density at radius 1 is 0.969 bits per heavy atom. The molecule has 9 nitrogen and oxygen atoms in total. The van der Waals surface area contributed by atoms with Gasteiger partial charge in [0.25, 0.3) is 0 Å². The standard InChI is InChI=1S/C23H35N7O2/c1-22(2,3)32-21(31)29-15-13-28(14-16-29)17-7-9-18(10-8-17)30-20(25)26-19(24)27-23(30)11-5-4-6-12-23/h7-10H,4-6,11-16H2,1-3H3,(H4,24,25,26,27). The molecule has 2 heterocycles. The number of carbonyl (C=O) groups excluding carboxylic acids is 1. The Bertz CT molecular complexity index is 890. The van der Waals surface area contributed by atoms with Gasteiger partial charge in [-0.3, -0.25) is 4.90 Å². The molecule has 1 saturated carbocycles. The zero-order chi connectivity index (χ0) is 22.9. The molecule has 0 unspecified atom stereocenters. The number of piperazine rings is 1. The molecule has 3 aliphatic rings. The van der Waals surface area contributed by atoms with Crippen LogP contribution in [0.4, 0.5) is 16.2 Å². The van der Waals surface area contributed by atoms with Crippen LogP contribution >= 0.6 is 0 Å². The van der Waals surface area contributed by atoms with Crippen LogP contribution in [0.2, 0.25) is 0 Å². The van der Waals surface area contributed by atoms with Gasteiger partial charge in [-0.25, -0.2) is 9.79 Å². The van der Waals surface area contributed by atoms with Crippen LogP contribution in [-0.4, -0.2) is 60.4 Å². The van der Waals surface area contributed by atoms with Gasteiger partial charge in [0, 0.05) is 37.6 Å². The van der Waals surface area contributed by atoms with Crippen LogP contribution in [0.25, 0.3) is 0 Å². The summed E-state index contributed by atoms with van der Waals surface area (Å²) in [4.78, 5) is 27.4. The summed E-state index contributed by atoms with van der Waals surface area (Å²) in [6, 6.07) is 8.35. The van der Waals surface area contributed by atoms with Crippen molar-refractivity contribution in [1.29, 1.82) is 0 Å². The molecule has 0 bridgehead atoms. The number of benzene rings is 1. The SMILES string of the molecule is CC(C)(C)OC(=O)N1CCN(c2ccc(N3C(N)=NC(N)=NC34CCCCC4)cc2)CC1. The molecule has 1 aromatic carbocycles. The highest BCUT2D eigenvalue weighted by Crippen LogP contribution is 2.39. The van der Waals surface area contributed by atoms with Gasteiger partial charge in [-0.2, -0.15) is 4.99 Å². The summed E-state index contributed by atoms with van der Waals surface area (Å²) in [7, 11) is 0. The zero-order valence-electron chi connectivity index (χ0n) is 19.4. The molecule has 0 atom stereocenters. The van der Waals surface area contributed by atoms with Gasteiger partial charge in [0.1, 0.15) is 11.3 Å². The lowest BCUT2D eigenvalue weighted by Gasteiger charge is -2.45. The van der Waals surface area contributed by atoms with Gasteiger partial charge in [0.15, 0.2) is 0 Å². The van der Waals surface area contributed by atoms with Crippen molar-refractivity contribution in [2.45, 2.75) is 64.1 Å². The molecule has 1 aromatic rings. The molecule has 4 N–H and O–H groups in total. The van der Waals surface area contributed by atoms with Crippen molar-refractivity contribution >= 4 is 29.4 Å². The van der Waals surface area contributed by atoms with Crippen molar-refractivity contribution in [3.05, 3.63) is 24.3 Å². The summed E-state index contributed by atoms with van der Waals surface area (Å²) >= 11 is 0. The van der Waals surface area contributed by atoms with Crippen molar-refractivity contribution in [1.82, 2.24) is 4.90 Å². The number of guanidine groups is 2. The molecule has 0 aromatic heterocycles. The predicted molar refractivity (Wildman–Crippen MR) is 128 cm³/mol. The number of hydrogen-bond acceptors (Lipinski definition) is 8. The minimum atomic E-state index is -0.478. The summed E-state index contributed by atoms with van der Waals surface area (Å²) in [6.07, 6.45) is 4.98. The Morgan fingerprint density at radius 2 is 1.56 bits per heavy atom. The van der Waals surface area contributed by atoms with Crippen molar-refractivity contribution in [3.8, 4) is 0 Å². The third kappa shape index (κ3) is 4.61. The van der Waals surface area contributed by atoms with Crippen LogP contribution in [0.1, 0.15) is 52.9 Å². The number of aliphatic imine (C=N–C) groups is 2. The maximum Gasteiger partial charge on any atom is 0.410 e. The molecule has 174 valence electrons. The van der Waals surface area contributed by atoms with E-state index in [4.69, 9.17) is 21.2 Å². The molecule has 1 spiro atoms. The lowest BCUT2D eigenvalue weighted by molar-refractivity contribution is 0.0240. The number of rotatable bonds is 2. The van der Waals surface area contributed by atoms with Gasteiger partial charge in [-0.1, -0.05) is 6.42 Å². The van der Waals surface area contributed by atoms with Gasteiger partial charge < -0.3 is 26.0 Å². The van der Waals surface area contributed by atoms with Gasteiger partial charge in [0.2, 0.25) is 11.9 Å². The Hall–Kier alpha value is -2.97. The summed E-state index contributed by atoms with van der Waals surface area (Å²) < 4.78 is 5.49. The molecule has 1 amide bonds. The Labute approximate surface area is 190 Å². The second kappa shape index (κ2) is 8.52. The van der Waals surface area contributed by atoms with Crippen molar-refractivity contribution < 1.29 is 9.53 Å². The first-order valence-electron chi connectivity index (χ1n) is 11.5. The van der Waals surface area contributed by atoms with E-state index >= 15 is 0 Å². The van der Waals surface area contributed by atoms with Gasteiger partial charge >= 0.3 is 6.09 Å². The van der Waals surface area contributed by atoms with E-state index in [1.165, 1.54) is 6.42 Å². The number of hydrogen-bond donors (Lipinski definition) is 2. The molecule has 1 saturated heterocycles. The highest BCUT2D eigenvalue weighted by molar-refractivity contribution is 6.05. The van der Waals surface area contributed by atoms with Gasteiger partial charge in [0.05, 0.1) is 0 Å². The molecule has 32 heavy (non-hydrogen) atoms. The summed E-state index contributed by atoms with van der Waals surface area (Å²) in [6.45, 7) is 8.46. The van der Waals surface area contributed by atoms with Gasteiger partial charge in [-0.15, -0.1) is 0 Å². The van der Waals surface area contributed by atoms with Crippen LogP contribution in [-0.2, 0) is 4.74 Å². The topological polar surface area (TPSA) is 113 Å². The van der Waals surface area contributed by atoms with E-state index in [0.29, 0.717) is 19.0 Å². The first-order chi connectivity index (χ1) is 15.2. The molecule has 1 aliphatic carbocycles. The monoisotopic (exact) mass is 441 g/mol. The number of ether oxygens (including phenoxy) is 1. The van der Waals surface area contributed by atoms with Crippen LogP contribution < -0.4 is 21.3 Å². The Balaban J connectivity index is 1.45. The van der Waals surface area contributed by atoms with E-state index < -0.39 is 11.3 Å². The lowest BCUT2D eigenvalue weighted by atomic mass is 9.87. The minimum absolute atomic E-state index is 0.245. The molecule has 2 aliphatic heterocycles. The second-order valence-corrected chi connectivity index (χ2v) is 9.79. The fourth-order valence-electron chi connectivity index (χ4n) is 4.78. The third-order valence-corrected chi connectivity index (χ3v) is 6.26. The van der Waals surface area contributed by atoms with E-state index in [1.54, 1.807) is 4.90 Å². The highest BCUT2D eigenvalue weighted by atomic mass is 16.6. The molecule has 0 radical (unpaired) electrons. The summed E-state index contributed by atoms with van der Waals surface area (Å²) in [5, 5.41) is 0. The van der Waals surface area contributed by atoms with Crippen LogP contribution in [0.15, 0.2) is 34.3 Å². The van der Waals surface area contributed by atoms with E-state index in [-0.39, 0.29) is 12.1 Å². The largest absolute Gasteiger partial charge is 0.444 e. The Morgan fingerprint density at radius 3 is 2.16 bits per heavy atom. The van der Waals surface area contributed by atoms with E-state index in [1.807, 2.05) is 25.7 Å².